The summed E-state index contributed by atoms with van der Waals surface area (Å²) in [5.74, 6) is 0.530. The molecular weight excluding hydrogens is 372 g/mol. The van der Waals surface area contributed by atoms with Gasteiger partial charge >= 0.3 is 0 Å². The maximum atomic E-state index is 12.9. The highest BCUT2D eigenvalue weighted by molar-refractivity contribution is 7.89. The zero-order valence-corrected chi connectivity index (χ0v) is 18.6. The molecule has 1 aromatic carbocycles. The van der Waals surface area contributed by atoms with Crippen molar-refractivity contribution in [1.29, 1.82) is 0 Å². The molecule has 1 aliphatic rings. The average Bonchev–Trinajstić information content (AvgIpc) is 2.70. The molecule has 1 N–H and O–H groups in total. The van der Waals surface area contributed by atoms with Crippen LogP contribution >= 0.6 is 0 Å². The molecule has 1 amide bonds. The van der Waals surface area contributed by atoms with Crippen molar-refractivity contribution in [2.24, 2.45) is 11.8 Å². The summed E-state index contributed by atoms with van der Waals surface area (Å²) in [7, 11) is -3.49. The number of nitrogens with one attached hydrogen (secondary N) is 1. The number of carbonyl (C=O) groups excluding carboxylic acids is 1. The highest BCUT2D eigenvalue weighted by Crippen LogP contribution is 2.25. The number of rotatable bonds is 9. The SMILES string of the molecule is CCCCC(CC)CNC(=O)C1CCN(S(=O)(=O)c2ccc(C)c(C)c2)CC1. The molecule has 0 saturated carbocycles. The zero-order valence-electron chi connectivity index (χ0n) is 17.8. The number of piperidine rings is 1. The van der Waals surface area contributed by atoms with Crippen molar-refractivity contribution < 1.29 is 13.2 Å². The molecule has 1 atom stereocenters. The van der Waals surface area contributed by atoms with E-state index in [1.165, 1.54) is 17.1 Å². The van der Waals surface area contributed by atoms with Crippen LogP contribution in [0.3, 0.4) is 0 Å². The Balaban J connectivity index is 1.89. The molecule has 1 unspecified atom stereocenters. The molecule has 2 rings (SSSR count). The van der Waals surface area contributed by atoms with Crippen molar-refractivity contribution in [2.75, 3.05) is 19.6 Å². The Morgan fingerprint density at radius 2 is 1.86 bits per heavy atom. The first-order valence-corrected chi connectivity index (χ1v) is 12.1. The van der Waals surface area contributed by atoms with Gasteiger partial charge in [-0.3, -0.25) is 4.79 Å². The summed E-state index contributed by atoms with van der Waals surface area (Å²) in [5.41, 5.74) is 2.06. The number of hydrogen-bond donors (Lipinski definition) is 1. The van der Waals surface area contributed by atoms with Crippen molar-refractivity contribution >= 4 is 15.9 Å². The number of hydrogen-bond acceptors (Lipinski definition) is 3. The Hall–Kier alpha value is -1.40. The topological polar surface area (TPSA) is 66.5 Å². The highest BCUT2D eigenvalue weighted by atomic mass is 32.2. The van der Waals surface area contributed by atoms with Gasteiger partial charge in [-0.1, -0.05) is 39.2 Å². The quantitative estimate of drug-likeness (QED) is 0.671. The number of unbranched alkanes of at least 4 members (excludes halogenated alkanes) is 1. The lowest BCUT2D eigenvalue weighted by atomic mass is 9.95. The third-order valence-electron chi connectivity index (χ3n) is 6.05. The Kier molecular flexibility index (Phi) is 8.50. The van der Waals surface area contributed by atoms with E-state index in [0.29, 0.717) is 36.7 Å². The van der Waals surface area contributed by atoms with Gasteiger partial charge < -0.3 is 5.32 Å². The predicted octanol–water partition coefficient (Wildman–Crippen LogP) is 4.04. The van der Waals surface area contributed by atoms with E-state index in [2.05, 4.69) is 19.2 Å². The summed E-state index contributed by atoms with van der Waals surface area (Å²) >= 11 is 0. The number of carbonyl (C=O) groups is 1. The molecule has 0 radical (unpaired) electrons. The van der Waals surface area contributed by atoms with Crippen LogP contribution in [-0.4, -0.2) is 38.3 Å². The summed E-state index contributed by atoms with van der Waals surface area (Å²) < 4.78 is 27.3. The van der Waals surface area contributed by atoms with Gasteiger partial charge in [-0.15, -0.1) is 0 Å². The van der Waals surface area contributed by atoms with Crippen LogP contribution in [0.5, 0.6) is 0 Å². The van der Waals surface area contributed by atoms with Gasteiger partial charge in [0.25, 0.3) is 0 Å². The fourth-order valence-electron chi connectivity index (χ4n) is 3.71. The second-order valence-corrected chi connectivity index (χ2v) is 10.0. The second kappa shape index (κ2) is 10.4. The van der Waals surface area contributed by atoms with Crippen LogP contribution in [0.4, 0.5) is 0 Å². The Labute approximate surface area is 170 Å². The number of amides is 1. The van der Waals surface area contributed by atoms with Crippen molar-refractivity contribution in [2.45, 2.75) is 71.1 Å². The first kappa shape index (κ1) is 22.9. The van der Waals surface area contributed by atoms with E-state index in [9.17, 15) is 13.2 Å². The number of aryl methyl sites for hydroxylation is 2. The standard InChI is InChI=1S/C22H36N2O3S/c1-5-7-8-19(6-2)16-23-22(25)20-11-13-24(14-12-20)28(26,27)21-10-9-17(3)18(4)15-21/h9-10,15,19-20H,5-8,11-14,16H2,1-4H3,(H,23,25). The van der Waals surface area contributed by atoms with Crippen LogP contribution in [0, 0.1) is 25.7 Å². The van der Waals surface area contributed by atoms with Gasteiger partial charge in [-0.05, 0) is 62.3 Å². The molecule has 1 aliphatic heterocycles. The van der Waals surface area contributed by atoms with Gasteiger partial charge in [0, 0.05) is 25.6 Å². The maximum Gasteiger partial charge on any atom is 0.243 e. The Morgan fingerprint density at radius 1 is 1.18 bits per heavy atom. The van der Waals surface area contributed by atoms with Gasteiger partial charge in [-0.2, -0.15) is 4.31 Å². The zero-order chi connectivity index (χ0) is 20.7. The Morgan fingerprint density at radius 3 is 2.43 bits per heavy atom. The first-order chi connectivity index (χ1) is 13.3. The summed E-state index contributed by atoms with van der Waals surface area (Å²) in [6, 6.07) is 5.27. The van der Waals surface area contributed by atoms with Crippen LogP contribution in [0.2, 0.25) is 0 Å². The highest BCUT2D eigenvalue weighted by Gasteiger charge is 2.32. The van der Waals surface area contributed by atoms with E-state index in [1.807, 2.05) is 19.9 Å². The normalized spacial score (nSPS) is 17.4. The average molecular weight is 409 g/mol. The van der Waals surface area contributed by atoms with Crippen molar-refractivity contribution in [3.05, 3.63) is 29.3 Å². The molecule has 0 bridgehead atoms. The van der Waals surface area contributed by atoms with E-state index < -0.39 is 10.0 Å². The summed E-state index contributed by atoms with van der Waals surface area (Å²) in [6.07, 6.45) is 5.77. The molecule has 1 heterocycles. The van der Waals surface area contributed by atoms with Crippen LogP contribution in [0.25, 0.3) is 0 Å². The van der Waals surface area contributed by atoms with E-state index in [0.717, 1.165) is 30.5 Å². The lowest BCUT2D eigenvalue weighted by Crippen LogP contribution is -2.43. The molecule has 0 aliphatic carbocycles. The molecule has 1 aromatic rings. The summed E-state index contributed by atoms with van der Waals surface area (Å²) in [4.78, 5) is 12.9. The van der Waals surface area contributed by atoms with Gasteiger partial charge in [0.15, 0.2) is 0 Å². The molecule has 6 heteroatoms. The number of sulfonamides is 1. The van der Waals surface area contributed by atoms with E-state index in [-0.39, 0.29) is 11.8 Å². The third-order valence-corrected chi connectivity index (χ3v) is 7.94. The predicted molar refractivity (Wildman–Crippen MR) is 114 cm³/mol. The smallest absolute Gasteiger partial charge is 0.243 e. The van der Waals surface area contributed by atoms with Gasteiger partial charge in [0.05, 0.1) is 4.90 Å². The largest absolute Gasteiger partial charge is 0.356 e. The lowest BCUT2D eigenvalue weighted by Gasteiger charge is -2.31. The van der Waals surface area contributed by atoms with Gasteiger partial charge in [0.1, 0.15) is 0 Å². The van der Waals surface area contributed by atoms with Gasteiger partial charge in [0.2, 0.25) is 15.9 Å². The molecular formula is C22H36N2O3S. The first-order valence-electron chi connectivity index (χ1n) is 10.6. The monoisotopic (exact) mass is 408 g/mol. The third kappa shape index (κ3) is 5.80. The van der Waals surface area contributed by atoms with E-state index >= 15 is 0 Å². The number of nitrogens with zero attached hydrogens (tertiary/aromatic N) is 1. The minimum absolute atomic E-state index is 0.0816. The fraction of sp³-hybridized carbons (Fsp3) is 0.682. The second-order valence-electron chi connectivity index (χ2n) is 8.09. The lowest BCUT2D eigenvalue weighted by molar-refractivity contribution is -0.126. The molecule has 0 aromatic heterocycles. The fourth-order valence-corrected chi connectivity index (χ4v) is 5.27. The van der Waals surface area contributed by atoms with Crippen LogP contribution in [0.1, 0.15) is 63.5 Å². The minimum Gasteiger partial charge on any atom is -0.356 e. The maximum absolute atomic E-state index is 12.9. The molecule has 1 saturated heterocycles. The molecule has 28 heavy (non-hydrogen) atoms. The minimum atomic E-state index is -3.49. The van der Waals surface area contributed by atoms with Crippen molar-refractivity contribution in [1.82, 2.24) is 9.62 Å². The van der Waals surface area contributed by atoms with Gasteiger partial charge in [-0.25, -0.2) is 8.42 Å². The van der Waals surface area contributed by atoms with Crippen LogP contribution in [0.15, 0.2) is 23.1 Å². The summed E-state index contributed by atoms with van der Waals surface area (Å²) in [5, 5.41) is 3.10. The van der Waals surface area contributed by atoms with E-state index in [4.69, 9.17) is 0 Å². The molecule has 158 valence electrons. The van der Waals surface area contributed by atoms with E-state index in [1.54, 1.807) is 12.1 Å². The summed E-state index contributed by atoms with van der Waals surface area (Å²) in [6.45, 7) is 9.79. The molecule has 5 nitrogen and oxygen atoms in total. The Bertz CT molecular complexity index is 753. The number of benzene rings is 1. The van der Waals surface area contributed by atoms with Crippen molar-refractivity contribution in [3.8, 4) is 0 Å². The molecule has 0 spiro atoms. The van der Waals surface area contributed by atoms with Crippen LogP contribution < -0.4 is 5.32 Å². The molecule has 1 fully saturated rings. The van der Waals surface area contributed by atoms with Crippen molar-refractivity contribution in [3.63, 3.8) is 0 Å². The van der Waals surface area contributed by atoms with Crippen LogP contribution in [-0.2, 0) is 14.8 Å².